The van der Waals surface area contributed by atoms with Gasteiger partial charge in [-0.2, -0.15) is 0 Å². The third-order valence-electron chi connectivity index (χ3n) is 3.94. The number of hydrogen-bond acceptors (Lipinski definition) is 5. The van der Waals surface area contributed by atoms with E-state index in [4.69, 9.17) is 16.3 Å². The molecule has 0 spiro atoms. The summed E-state index contributed by atoms with van der Waals surface area (Å²) in [6.07, 6.45) is 3.66. The summed E-state index contributed by atoms with van der Waals surface area (Å²) in [6.45, 7) is 0.715. The van der Waals surface area contributed by atoms with Crippen molar-refractivity contribution >= 4 is 17.9 Å². The number of carbonyl (C=O) groups excluding carboxylic acids is 1. The second-order valence-electron chi connectivity index (χ2n) is 6.25. The van der Waals surface area contributed by atoms with Crippen LogP contribution in [0.2, 0.25) is 5.02 Å². The van der Waals surface area contributed by atoms with Crippen LogP contribution in [0.25, 0.3) is 11.4 Å². The monoisotopic (exact) mass is 388 g/mol. The predicted octanol–water partition coefficient (Wildman–Crippen LogP) is 3.94. The highest BCUT2D eigenvalue weighted by Crippen LogP contribution is 2.30. The van der Waals surface area contributed by atoms with E-state index in [0.717, 1.165) is 23.3 Å². The van der Waals surface area contributed by atoms with Gasteiger partial charge in [-0.25, -0.2) is 9.37 Å². The molecule has 0 N–H and O–H groups in total. The number of benzene rings is 1. The first kappa shape index (κ1) is 19.0. The number of carbonyl (C=O) groups is 1. The van der Waals surface area contributed by atoms with Gasteiger partial charge in [0.25, 0.3) is 0 Å². The fourth-order valence-corrected chi connectivity index (χ4v) is 2.79. The molecule has 3 aromatic rings. The van der Waals surface area contributed by atoms with Gasteiger partial charge in [-0.15, -0.1) is 0 Å². The SMILES string of the molecule is CN(C)Cc1ncc(-c2ccc(Oc3cc(Cl)cc(F)c3C=O)cn2)n1C. The molecule has 0 unspecified atom stereocenters. The van der Waals surface area contributed by atoms with Crippen molar-refractivity contribution in [3.8, 4) is 22.9 Å². The minimum Gasteiger partial charge on any atom is -0.455 e. The molecule has 3 rings (SSSR count). The van der Waals surface area contributed by atoms with E-state index in [9.17, 15) is 9.18 Å². The minimum absolute atomic E-state index is 0.0401. The van der Waals surface area contributed by atoms with Gasteiger partial charge in [-0.05, 0) is 32.3 Å². The number of rotatable bonds is 6. The Labute approximate surface area is 161 Å². The molecule has 0 fully saturated rings. The van der Waals surface area contributed by atoms with E-state index in [0.29, 0.717) is 18.6 Å². The summed E-state index contributed by atoms with van der Waals surface area (Å²) in [4.78, 5) is 21.9. The molecule has 2 aromatic heterocycles. The smallest absolute Gasteiger partial charge is 0.156 e. The van der Waals surface area contributed by atoms with E-state index >= 15 is 0 Å². The van der Waals surface area contributed by atoms with Gasteiger partial charge >= 0.3 is 0 Å². The van der Waals surface area contributed by atoms with Crippen LogP contribution in [0.4, 0.5) is 4.39 Å². The number of ether oxygens (including phenoxy) is 1. The van der Waals surface area contributed by atoms with Gasteiger partial charge in [0.05, 0.1) is 35.9 Å². The second-order valence-corrected chi connectivity index (χ2v) is 6.69. The molecule has 0 saturated heterocycles. The number of imidazole rings is 1. The van der Waals surface area contributed by atoms with Gasteiger partial charge < -0.3 is 14.2 Å². The second kappa shape index (κ2) is 7.85. The fraction of sp³-hybridized carbons (Fsp3) is 0.211. The molecule has 0 radical (unpaired) electrons. The number of halogens is 2. The van der Waals surface area contributed by atoms with E-state index in [-0.39, 0.29) is 16.3 Å². The van der Waals surface area contributed by atoms with E-state index in [1.807, 2.05) is 30.6 Å². The third kappa shape index (κ3) is 4.15. The van der Waals surface area contributed by atoms with Crippen molar-refractivity contribution in [2.24, 2.45) is 7.05 Å². The first-order valence-electron chi connectivity index (χ1n) is 8.13. The lowest BCUT2D eigenvalue weighted by Gasteiger charge is -2.11. The molecular formula is C19H18ClFN4O2. The lowest BCUT2D eigenvalue weighted by molar-refractivity contribution is 0.111. The number of hydrogen-bond donors (Lipinski definition) is 0. The average Bonchev–Trinajstić information content (AvgIpc) is 2.95. The van der Waals surface area contributed by atoms with Gasteiger partial charge in [-0.3, -0.25) is 9.78 Å². The highest BCUT2D eigenvalue weighted by molar-refractivity contribution is 6.30. The lowest BCUT2D eigenvalue weighted by Crippen LogP contribution is -2.14. The summed E-state index contributed by atoms with van der Waals surface area (Å²) < 4.78 is 21.4. The summed E-state index contributed by atoms with van der Waals surface area (Å²) in [6, 6.07) is 5.91. The van der Waals surface area contributed by atoms with Crippen molar-refractivity contribution in [3.05, 3.63) is 58.9 Å². The Morgan fingerprint density at radius 1 is 1.26 bits per heavy atom. The predicted molar refractivity (Wildman–Crippen MR) is 101 cm³/mol. The largest absolute Gasteiger partial charge is 0.455 e. The third-order valence-corrected chi connectivity index (χ3v) is 4.16. The molecule has 0 saturated carbocycles. The van der Waals surface area contributed by atoms with Crippen LogP contribution in [0.15, 0.2) is 36.7 Å². The normalized spacial score (nSPS) is 11.0. The first-order valence-corrected chi connectivity index (χ1v) is 8.50. The molecule has 2 heterocycles. The summed E-state index contributed by atoms with van der Waals surface area (Å²) in [7, 11) is 5.88. The molecule has 0 atom stereocenters. The fourth-order valence-electron chi connectivity index (χ4n) is 2.59. The zero-order valence-electron chi connectivity index (χ0n) is 15.1. The average molecular weight is 389 g/mol. The zero-order valence-corrected chi connectivity index (χ0v) is 15.9. The summed E-state index contributed by atoms with van der Waals surface area (Å²) in [5, 5.41) is 0.140. The topological polar surface area (TPSA) is 60.3 Å². The van der Waals surface area contributed by atoms with Crippen LogP contribution < -0.4 is 4.74 Å². The molecule has 140 valence electrons. The molecule has 1 aromatic carbocycles. The summed E-state index contributed by atoms with van der Waals surface area (Å²) in [5.41, 5.74) is 1.39. The van der Waals surface area contributed by atoms with Gasteiger partial charge in [-0.1, -0.05) is 11.6 Å². The summed E-state index contributed by atoms with van der Waals surface area (Å²) >= 11 is 5.84. The Morgan fingerprint density at radius 3 is 2.67 bits per heavy atom. The molecule has 0 aliphatic rings. The maximum absolute atomic E-state index is 13.8. The first-order chi connectivity index (χ1) is 12.9. The Hall–Kier alpha value is -2.77. The van der Waals surface area contributed by atoms with Crippen LogP contribution in [0.3, 0.4) is 0 Å². The van der Waals surface area contributed by atoms with E-state index in [1.54, 1.807) is 18.3 Å². The van der Waals surface area contributed by atoms with Crippen molar-refractivity contribution in [2.75, 3.05) is 14.1 Å². The van der Waals surface area contributed by atoms with E-state index < -0.39 is 5.82 Å². The Bertz CT molecular complexity index is 971. The summed E-state index contributed by atoms with van der Waals surface area (Å²) in [5.74, 6) is 0.583. The Balaban J connectivity index is 1.85. The van der Waals surface area contributed by atoms with Crippen molar-refractivity contribution in [2.45, 2.75) is 6.54 Å². The molecule has 27 heavy (non-hydrogen) atoms. The van der Waals surface area contributed by atoms with Crippen LogP contribution >= 0.6 is 11.6 Å². The lowest BCUT2D eigenvalue weighted by atomic mass is 10.2. The maximum Gasteiger partial charge on any atom is 0.156 e. The van der Waals surface area contributed by atoms with Crippen LogP contribution in [0.1, 0.15) is 16.2 Å². The van der Waals surface area contributed by atoms with Crippen LogP contribution in [-0.2, 0) is 13.6 Å². The number of pyridine rings is 1. The highest BCUT2D eigenvalue weighted by atomic mass is 35.5. The molecule has 0 amide bonds. The van der Waals surface area contributed by atoms with Crippen molar-refractivity contribution in [3.63, 3.8) is 0 Å². The minimum atomic E-state index is -0.736. The van der Waals surface area contributed by atoms with Crippen LogP contribution in [-0.4, -0.2) is 39.8 Å². The van der Waals surface area contributed by atoms with Crippen LogP contribution in [0.5, 0.6) is 11.5 Å². The van der Waals surface area contributed by atoms with Crippen molar-refractivity contribution in [1.29, 1.82) is 0 Å². The highest BCUT2D eigenvalue weighted by Gasteiger charge is 2.14. The molecule has 8 heteroatoms. The Morgan fingerprint density at radius 2 is 2.04 bits per heavy atom. The molecule has 0 aliphatic heterocycles. The Kier molecular flexibility index (Phi) is 5.53. The standard InChI is InChI=1S/C19H18ClFN4O2/c1-24(2)10-19-23-9-17(25(19)3)16-5-4-13(8-22-16)27-18-7-12(20)6-15(21)14(18)11-26/h4-9,11H,10H2,1-3H3. The van der Waals surface area contributed by atoms with Gasteiger partial charge in [0.1, 0.15) is 23.1 Å². The molecular weight excluding hydrogens is 371 g/mol. The van der Waals surface area contributed by atoms with Crippen molar-refractivity contribution < 1.29 is 13.9 Å². The van der Waals surface area contributed by atoms with E-state index in [1.165, 1.54) is 12.3 Å². The zero-order chi connectivity index (χ0) is 19.6. The van der Waals surface area contributed by atoms with Gasteiger partial charge in [0.2, 0.25) is 0 Å². The van der Waals surface area contributed by atoms with Gasteiger partial charge in [0.15, 0.2) is 6.29 Å². The molecule has 0 bridgehead atoms. The molecule has 6 nitrogen and oxygen atoms in total. The van der Waals surface area contributed by atoms with E-state index in [2.05, 4.69) is 9.97 Å². The molecule has 0 aliphatic carbocycles. The quantitative estimate of drug-likeness (QED) is 0.598. The number of aromatic nitrogens is 3. The number of nitrogens with zero attached hydrogens (tertiary/aromatic N) is 4. The van der Waals surface area contributed by atoms with Gasteiger partial charge in [0, 0.05) is 18.1 Å². The van der Waals surface area contributed by atoms with Crippen molar-refractivity contribution in [1.82, 2.24) is 19.4 Å². The number of aldehydes is 1. The van der Waals surface area contributed by atoms with Crippen LogP contribution in [0, 0.1) is 5.82 Å². The maximum atomic E-state index is 13.8.